The number of halogens is 2. The molecule has 1 heterocycles. The molecule has 0 saturated carbocycles. The van der Waals surface area contributed by atoms with Crippen LogP contribution < -0.4 is 0 Å². The zero-order valence-corrected chi connectivity index (χ0v) is 18.9. The first-order valence-corrected chi connectivity index (χ1v) is 10.8. The van der Waals surface area contributed by atoms with Crippen LogP contribution in [-0.2, 0) is 4.84 Å². The van der Waals surface area contributed by atoms with Crippen LogP contribution in [0.1, 0.15) is 64.2 Å². The van der Waals surface area contributed by atoms with Gasteiger partial charge in [0.1, 0.15) is 6.10 Å². The molecule has 1 saturated heterocycles. The molecule has 2 nitrogen and oxygen atoms in total. The van der Waals surface area contributed by atoms with Crippen LogP contribution >= 0.6 is 31.9 Å². The number of nitrogens with zero attached hydrogens (tertiary/aromatic N) is 1. The zero-order valence-electron chi connectivity index (χ0n) is 15.8. The van der Waals surface area contributed by atoms with Crippen molar-refractivity contribution in [1.82, 2.24) is 5.06 Å². The summed E-state index contributed by atoms with van der Waals surface area (Å²) in [6.45, 7) is 9.19. The van der Waals surface area contributed by atoms with Crippen molar-refractivity contribution in [2.45, 2.75) is 64.1 Å². The minimum absolute atomic E-state index is 0.0166. The molecule has 26 heavy (non-hydrogen) atoms. The molecular formula is C22H25Br2NO. The number of fused-ring (bicyclic) bond motifs is 3. The first kappa shape index (κ1) is 18.7. The van der Waals surface area contributed by atoms with Crippen molar-refractivity contribution in [3.63, 3.8) is 0 Å². The van der Waals surface area contributed by atoms with Gasteiger partial charge in [-0.2, -0.15) is 5.06 Å². The number of hydrogen-bond acceptors (Lipinski definition) is 2. The Morgan fingerprint density at radius 1 is 0.846 bits per heavy atom. The summed E-state index contributed by atoms with van der Waals surface area (Å²) < 4.78 is 2.18. The maximum Gasteiger partial charge on any atom is 0.131 e. The SMILES string of the molecule is CC1(C)CCCC(C)(C)N1OC1c2cc(Br)ccc2-c2ccc(Br)cc21. The summed E-state index contributed by atoms with van der Waals surface area (Å²) in [7, 11) is 0. The molecule has 2 aliphatic rings. The number of benzene rings is 2. The predicted octanol–water partition coefficient (Wildman–Crippen LogP) is 7.26. The second-order valence-electron chi connectivity index (χ2n) is 8.72. The van der Waals surface area contributed by atoms with E-state index in [-0.39, 0.29) is 17.2 Å². The lowest BCUT2D eigenvalue weighted by Crippen LogP contribution is -2.58. The van der Waals surface area contributed by atoms with E-state index in [1.54, 1.807) is 0 Å². The van der Waals surface area contributed by atoms with Gasteiger partial charge in [-0.25, -0.2) is 0 Å². The monoisotopic (exact) mass is 477 g/mol. The molecule has 0 N–H and O–H groups in total. The molecule has 0 spiro atoms. The molecule has 0 bridgehead atoms. The lowest BCUT2D eigenvalue weighted by atomic mass is 9.82. The molecule has 0 aromatic heterocycles. The molecule has 2 aromatic carbocycles. The van der Waals surface area contributed by atoms with Crippen LogP contribution in [-0.4, -0.2) is 16.1 Å². The quantitative estimate of drug-likeness (QED) is 0.450. The van der Waals surface area contributed by atoms with Crippen LogP contribution in [0.3, 0.4) is 0 Å². The minimum atomic E-state index is -0.0772. The normalized spacial score (nSPS) is 21.5. The van der Waals surface area contributed by atoms with E-state index in [1.807, 2.05) is 0 Å². The predicted molar refractivity (Wildman–Crippen MR) is 114 cm³/mol. The van der Waals surface area contributed by atoms with Crippen LogP contribution in [0.15, 0.2) is 45.3 Å². The van der Waals surface area contributed by atoms with Crippen LogP contribution in [0.5, 0.6) is 0 Å². The third-order valence-electron chi connectivity index (χ3n) is 5.77. The summed E-state index contributed by atoms with van der Waals surface area (Å²) in [6, 6.07) is 13.0. The van der Waals surface area contributed by atoms with Gasteiger partial charge < -0.3 is 0 Å². The first-order valence-electron chi connectivity index (χ1n) is 9.25. The van der Waals surface area contributed by atoms with Gasteiger partial charge in [-0.15, -0.1) is 0 Å². The molecule has 2 aromatic rings. The number of hydroxylamine groups is 2. The van der Waals surface area contributed by atoms with Gasteiger partial charge in [0.15, 0.2) is 0 Å². The molecule has 0 radical (unpaired) electrons. The van der Waals surface area contributed by atoms with Gasteiger partial charge in [-0.3, -0.25) is 4.84 Å². The van der Waals surface area contributed by atoms with Crippen LogP contribution in [0.4, 0.5) is 0 Å². The standard InChI is InChI=1S/C22H25Br2NO/c1-21(2)10-5-11-22(3,4)25(21)26-20-18-12-14(23)6-8-16(18)17-9-7-15(24)13-19(17)20/h6-9,12-13,20H,5,10-11H2,1-4H3. The highest BCUT2D eigenvalue weighted by Crippen LogP contribution is 2.50. The third kappa shape index (κ3) is 3.09. The molecular weight excluding hydrogens is 454 g/mol. The minimum Gasteiger partial charge on any atom is -0.285 e. The maximum absolute atomic E-state index is 6.84. The van der Waals surface area contributed by atoms with E-state index in [0.29, 0.717) is 0 Å². The van der Waals surface area contributed by atoms with E-state index in [9.17, 15) is 0 Å². The van der Waals surface area contributed by atoms with E-state index < -0.39 is 0 Å². The topological polar surface area (TPSA) is 12.5 Å². The van der Waals surface area contributed by atoms with Crippen molar-refractivity contribution in [3.8, 4) is 11.1 Å². The average Bonchev–Trinajstić information content (AvgIpc) is 2.82. The molecule has 1 aliphatic heterocycles. The van der Waals surface area contributed by atoms with Crippen molar-refractivity contribution in [3.05, 3.63) is 56.5 Å². The van der Waals surface area contributed by atoms with Gasteiger partial charge in [0, 0.05) is 20.0 Å². The second kappa shape index (κ2) is 6.44. The second-order valence-corrected chi connectivity index (χ2v) is 10.6. The third-order valence-corrected chi connectivity index (χ3v) is 6.76. The molecule has 4 heteroatoms. The van der Waals surface area contributed by atoms with Gasteiger partial charge in [-0.05, 0) is 93.5 Å². The highest BCUT2D eigenvalue weighted by atomic mass is 79.9. The Morgan fingerprint density at radius 3 is 1.77 bits per heavy atom. The summed E-state index contributed by atoms with van der Waals surface area (Å²) in [6.07, 6.45) is 3.47. The van der Waals surface area contributed by atoms with Gasteiger partial charge in [0.25, 0.3) is 0 Å². The Labute approximate surface area is 173 Å². The van der Waals surface area contributed by atoms with Crippen LogP contribution in [0.2, 0.25) is 0 Å². The zero-order chi connectivity index (χ0) is 18.7. The van der Waals surface area contributed by atoms with Gasteiger partial charge >= 0.3 is 0 Å². The molecule has 0 atom stereocenters. The maximum atomic E-state index is 6.84. The molecule has 138 valence electrons. The molecule has 0 amide bonds. The van der Waals surface area contributed by atoms with Crippen molar-refractivity contribution in [2.24, 2.45) is 0 Å². The van der Waals surface area contributed by atoms with E-state index in [1.165, 1.54) is 28.7 Å². The average molecular weight is 479 g/mol. The largest absolute Gasteiger partial charge is 0.285 e. The van der Waals surface area contributed by atoms with E-state index >= 15 is 0 Å². The van der Waals surface area contributed by atoms with Gasteiger partial charge in [0.05, 0.1) is 0 Å². The van der Waals surface area contributed by atoms with Crippen molar-refractivity contribution >= 4 is 31.9 Å². The summed E-state index contributed by atoms with van der Waals surface area (Å²) in [5.41, 5.74) is 5.06. The number of hydrogen-bond donors (Lipinski definition) is 0. The lowest BCUT2D eigenvalue weighted by Gasteiger charge is -2.52. The summed E-state index contributed by atoms with van der Waals surface area (Å²) >= 11 is 7.29. The Bertz CT molecular complexity index is 792. The smallest absolute Gasteiger partial charge is 0.131 e. The van der Waals surface area contributed by atoms with Crippen molar-refractivity contribution < 1.29 is 4.84 Å². The van der Waals surface area contributed by atoms with Crippen LogP contribution in [0, 0.1) is 0 Å². The van der Waals surface area contributed by atoms with Crippen molar-refractivity contribution in [2.75, 3.05) is 0 Å². The number of rotatable bonds is 2. The van der Waals surface area contributed by atoms with E-state index in [0.717, 1.165) is 21.8 Å². The lowest BCUT2D eigenvalue weighted by molar-refractivity contribution is -0.299. The highest BCUT2D eigenvalue weighted by molar-refractivity contribution is 9.10. The van der Waals surface area contributed by atoms with E-state index in [2.05, 4.69) is 101 Å². The highest BCUT2D eigenvalue weighted by Gasteiger charge is 2.45. The summed E-state index contributed by atoms with van der Waals surface area (Å²) in [5, 5.41) is 2.27. The fourth-order valence-electron chi connectivity index (χ4n) is 4.64. The Morgan fingerprint density at radius 2 is 1.31 bits per heavy atom. The van der Waals surface area contributed by atoms with Gasteiger partial charge in [0.2, 0.25) is 0 Å². The molecule has 4 rings (SSSR count). The molecule has 1 fully saturated rings. The molecule has 1 aliphatic carbocycles. The fourth-order valence-corrected chi connectivity index (χ4v) is 5.40. The summed E-state index contributed by atoms with van der Waals surface area (Å²) in [4.78, 5) is 6.84. The Kier molecular flexibility index (Phi) is 4.62. The Balaban J connectivity index is 1.81. The van der Waals surface area contributed by atoms with E-state index in [4.69, 9.17) is 4.84 Å². The fraction of sp³-hybridized carbons (Fsp3) is 0.455. The van der Waals surface area contributed by atoms with Crippen molar-refractivity contribution in [1.29, 1.82) is 0 Å². The number of piperidine rings is 1. The summed E-state index contributed by atoms with van der Waals surface area (Å²) in [5.74, 6) is 0. The van der Waals surface area contributed by atoms with Gasteiger partial charge in [-0.1, -0.05) is 44.0 Å². The Hall–Kier alpha value is -0.680. The molecule has 0 unspecified atom stereocenters. The van der Waals surface area contributed by atoms with Crippen LogP contribution in [0.25, 0.3) is 11.1 Å². The first-order chi connectivity index (χ1) is 12.2.